The molecule has 1 atom stereocenters. The molecule has 1 aromatic heterocycles. The van der Waals surface area contributed by atoms with Gasteiger partial charge in [0, 0.05) is 41.3 Å². The Hall–Kier alpha value is -2.10. The van der Waals surface area contributed by atoms with Crippen molar-refractivity contribution in [1.82, 2.24) is 4.57 Å². The quantitative estimate of drug-likeness (QED) is 0.733. The Morgan fingerprint density at radius 3 is 2.89 bits per heavy atom. The third-order valence-corrected chi connectivity index (χ3v) is 3.80. The minimum atomic E-state index is -0.416. The number of carbonyl (C=O) groups excluding carboxylic acids is 1. The van der Waals surface area contributed by atoms with Crippen LogP contribution in [0.15, 0.2) is 29.3 Å². The highest BCUT2D eigenvalue weighted by Gasteiger charge is 2.29. The number of benzene rings is 1. The van der Waals surface area contributed by atoms with Gasteiger partial charge >= 0.3 is 5.97 Å². The molecule has 2 aromatic rings. The molecule has 0 bridgehead atoms. The molecule has 98 valence electrons. The van der Waals surface area contributed by atoms with Gasteiger partial charge in [0.05, 0.1) is 7.11 Å². The highest BCUT2D eigenvalue weighted by Crippen LogP contribution is 2.30. The maximum Gasteiger partial charge on any atom is 0.330 e. The van der Waals surface area contributed by atoms with Crippen LogP contribution in [0, 0.1) is 0 Å². The van der Waals surface area contributed by atoms with Gasteiger partial charge in [0.1, 0.15) is 0 Å². The molecule has 1 aliphatic rings. The molecule has 19 heavy (non-hydrogen) atoms. The standard InChI is InChI=1S/C15H16N2O2/c1-9-14-10-6-4-5-7-12(10)17(2)13(14)8-11(16-9)15(18)19-3/h4-7,11H,8H2,1-3H3. The molecule has 1 unspecified atom stereocenters. The zero-order valence-electron chi connectivity index (χ0n) is 11.3. The summed E-state index contributed by atoms with van der Waals surface area (Å²) in [7, 11) is 3.44. The fraction of sp³-hybridized carbons (Fsp3) is 0.333. The minimum Gasteiger partial charge on any atom is -0.467 e. The van der Waals surface area contributed by atoms with Gasteiger partial charge in [0.2, 0.25) is 0 Å². The van der Waals surface area contributed by atoms with E-state index in [4.69, 9.17) is 4.74 Å². The van der Waals surface area contributed by atoms with Crippen LogP contribution in [0.3, 0.4) is 0 Å². The smallest absolute Gasteiger partial charge is 0.330 e. The van der Waals surface area contributed by atoms with Gasteiger partial charge in [-0.15, -0.1) is 0 Å². The summed E-state index contributed by atoms with van der Waals surface area (Å²) in [6.45, 7) is 1.96. The Morgan fingerprint density at radius 1 is 1.42 bits per heavy atom. The van der Waals surface area contributed by atoms with E-state index in [2.05, 4.69) is 21.7 Å². The van der Waals surface area contributed by atoms with Crippen LogP contribution in [0.1, 0.15) is 18.2 Å². The molecule has 0 aliphatic carbocycles. The van der Waals surface area contributed by atoms with Crippen molar-refractivity contribution < 1.29 is 9.53 Å². The number of carbonyl (C=O) groups is 1. The lowest BCUT2D eigenvalue weighted by atomic mass is 9.98. The highest BCUT2D eigenvalue weighted by molar-refractivity contribution is 6.12. The molecule has 0 saturated carbocycles. The van der Waals surface area contributed by atoms with Crippen molar-refractivity contribution in [3.63, 3.8) is 0 Å². The second-order valence-corrected chi connectivity index (χ2v) is 4.86. The molecule has 0 saturated heterocycles. The zero-order chi connectivity index (χ0) is 13.6. The van der Waals surface area contributed by atoms with Crippen LogP contribution in [-0.4, -0.2) is 29.4 Å². The van der Waals surface area contributed by atoms with Crippen molar-refractivity contribution >= 4 is 22.6 Å². The maximum atomic E-state index is 11.7. The molecule has 0 N–H and O–H groups in total. The lowest BCUT2D eigenvalue weighted by molar-refractivity contribution is -0.142. The molecule has 4 nitrogen and oxygen atoms in total. The summed E-state index contributed by atoms with van der Waals surface area (Å²) in [5.41, 5.74) is 4.41. The molecule has 0 fully saturated rings. The van der Waals surface area contributed by atoms with Crippen molar-refractivity contribution in [2.75, 3.05) is 7.11 Å². The fourth-order valence-electron chi connectivity index (χ4n) is 2.89. The molecule has 2 heterocycles. The number of ether oxygens (including phenoxy) is 1. The summed E-state index contributed by atoms with van der Waals surface area (Å²) in [6.07, 6.45) is 0.602. The number of hydrogen-bond donors (Lipinski definition) is 0. The Kier molecular flexibility index (Phi) is 2.66. The predicted molar refractivity (Wildman–Crippen MR) is 74.6 cm³/mol. The minimum absolute atomic E-state index is 0.268. The first-order valence-electron chi connectivity index (χ1n) is 6.32. The molecular formula is C15H16N2O2. The van der Waals surface area contributed by atoms with Gasteiger partial charge in [-0.05, 0) is 13.0 Å². The summed E-state index contributed by atoms with van der Waals surface area (Å²) in [4.78, 5) is 16.2. The normalized spacial score (nSPS) is 18.1. The molecule has 0 radical (unpaired) electrons. The van der Waals surface area contributed by atoms with Crippen molar-refractivity contribution in [1.29, 1.82) is 0 Å². The van der Waals surface area contributed by atoms with Gasteiger partial charge in [-0.1, -0.05) is 18.2 Å². The molecule has 0 spiro atoms. The molecule has 3 rings (SSSR count). The maximum absolute atomic E-state index is 11.7. The fourth-order valence-corrected chi connectivity index (χ4v) is 2.89. The van der Waals surface area contributed by atoms with Crippen LogP contribution in [0.5, 0.6) is 0 Å². The second kappa shape index (κ2) is 4.23. The average Bonchev–Trinajstić information content (AvgIpc) is 2.72. The van der Waals surface area contributed by atoms with E-state index in [0.717, 1.165) is 11.4 Å². The lowest BCUT2D eigenvalue weighted by Crippen LogP contribution is -2.29. The van der Waals surface area contributed by atoms with Gasteiger partial charge in [-0.3, -0.25) is 4.99 Å². The number of hydrogen-bond acceptors (Lipinski definition) is 3. The second-order valence-electron chi connectivity index (χ2n) is 4.86. The van der Waals surface area contributed by atoms with Gasteiger partial charge in [-0.25, -0.2) is 4.79 Å². The summed E-state index contributed by atoms with van der Waals surface area (Å²) >= 11 is 0. The third kappa shape index (κ3) is 1.67. The van der Waals surface area contributed by atoms with Gasteiger partial charge in [0.15, 0.2) is 6.04 Å². The summed E-state index contributed by atoms with van der Waals surface area (Å²) in [5, 5.41) is 1.20. The van der Waals surface area contributed by atoms with E-state index >= 15 is 0 Å². The number of methoxy groups -OCH3 is 1. The van der Waals surface area contributed by atoms with Crippen LogP contribution in [0.25, 0.3) is 10.9 Å². The number of aryl methyl sites for hydroxylation is 1. The third-order valence-electron chi connectivity index (χ3n) is 3.80. The number of aromatic nitrogens is 1. The number of nitrogens with zero attached hydrogens (tertiary/aromatic N) is 2. The number of aliphatic imine (C=N–C) groups is 1. The van der Waals surface area contributed by atoms with Gasteiger partial charge in [-0.2, -0.15) is 0 Å². The lowest BCUT2D eigenvalue weighted by Gasteiger charge is -2.19. The van der Waals surface area contributed by atoms with E-state index in [1.807, 2.05) is 26.1 Å². The zero-order valence-corrected chi connectivity index (χ0v) is 11.3. The van der Waals surface area contributed by atoms with Crippen LogP contribution in [-0.2, 0) is 23.0 Å². The van der Waals surface area contributed by atoms with Crippen LogP contribution in [0.4, 0.5) is 0 Å². The Labute approximate surface area is 111 Å². The number of fused-ring (bicyclic) bond motifs is 3. The van der Waals surface area contributed by atoms with Crippen LogP contribution >= 0.6 is 0 Å². The van der Waals surface area contributed by atoms with Crippen LogP contribution < -0.4 is 0 Å². The summed E-state index contributed by atoms with van der Waals surface area (Å²) in [6, 6.07) is 7.83. The van der Waals surface area contributed by atoms with Crippen molar-refractivity contribution in [3.8, 4) is 0 Å². The Bertz CT molecular complexity index is 697. The predicted octanol–water partition coefficient (Wildman–Crippen LogP) is 2.08. The first-order valence-corrected chi connectivity index (χ1v) is 6.32. The molecule has 0 amide bonds. The summed E-state index contributed by atoms with van der Waals surface area (Å²) < 4.78 is 6.96. The topological polar surface area (TPSA) is 43.6 Å². The van der Waals surface area contributed by atoms with E-state index in [9.17, 15) is 4.79 Å². The first-order chi connectivity index (χ1) is 9.13. The number of para-hydroxylation sites is 1. The first kappa shape index (κ1) is 12.0. The Balaban J connectivity index is 2.22. The molecular weight excluding hydrogens is 240 g/mol. The van der Waals surface area contributed by atoms with Gasteiger partial charge in [0.25, 0.3) is 0 Å². The van der Waals surface area contributed by atoms with E-state index < -0.39 is 6.04 Å². The van der Waals surface area contributed by atoms with Crippen molar-refractivity contribution in [2.45, 2.75) is 19.4 Å². The average molecular weight is 256 g/mol. The summed E-state index contributed by atoms with van der Waals surface area (Å²) in [5.74, 6) is -0.268. The molecule has 1 aliphatic heterocycles. The van der Waals surface area contributed by atoms with Gasteiger partial charge < -0.3 is 9.30 Å². The monoisotopic (exact) mass is 256 g/mol. The van der Waals surface area contributed by atoms with E-state index in [1.54, 1.807) is 0 Å². The van der Waals surface area contributed by atoms with Crippen LogP contribution in [0.2, 0.25) is 0 Å². The largest absolute Gasteiger partial charge is 0.467 e. The highest BCUT2D eigenvalue weighted by atomic mass is 16.5. The number of rotatable bonds is 1. The Morgan fingerprint density at radius 2 is 2.16 bits per heavy atom. The number of esters is 1. The van der Waals surface area contributed by atoms with Crippen molar-refractivity contribution in [3.05, 3.63) is 35.5 Å². The molecule has 4 heteroatoms. The van der Waals surface area contributed by atoms with E-state index in [-0.39, 0.29) is 5.97 Å². The SMILES string of the molecule is COC(=O)C1Cc2c(c3ccccc3n2C)C(C)=N1. The molecule has 1 aromatic carbocycles. The van der Waals surface area contributed by atoms with E-state index in [0.29, 0.717) is 6.42 Å². The van der Waals surface area contributed by atoms with Crippen molar-refractivity contribution in [2.24, 2.45) is 12.0 Å². The van der Waals surface area contributed by atoms with E-state index in [1.165, 1.54) is 23.6 Å².